The lowest BCUT2D eigenvalue weighted by molar-refractivity contribution is 0.0825. The molecule has 0 radical (unpaired) electrons. The topological polar surface area (TPSA) is 9.23 Å². The van der Waals surface area contributed by atoms with Gasteiger partial charge in [-0.05, 0) is 78.5 Å². The van der Waals surface area contributed by atoms with E-state index in [1.54, 1.807) is 18.2 Å². The summed E-state index contributed by atoms with van der Waals surface area (Å²) in [7, 11) is 1.78. The zero-order chi connectivity index (χ0) is 13.7. The van der Waals surface area contributed by atoms with Gasteiger partial charge in [0.15, 0.2) is 0 Å². The fourth-order valence-electron chi connectivity index (χ4n) is 5.15. The van der Waals surface area contributed by atoms with Crippen LogP contribution in [0, 0.1) is 17.3 Å². The SMILES string of the molecule is COc1ccc2c(c1)[C@H]1CC[C@]3(C)C=CC[C@H]3[C@@H]1CC2. The Bertz CT molecular complexity index is 559. The Kier molecular flexibility index (Phi) is 2.73. The van der Waals surface area contributed by atoms with Crippen molar-refractivity contribution in [1.29, 1.82) is 0 Å². The van der Waals surface area contributed by atoms with Crippen LogP contribution >= 0.6 is 0 Å². The van der Waals surface area contributed by atoms with Crippen LogP contribution in [0.4, 0.5) is 0 Å². The average molecular weight is 268 g/mol. The maximum Gasteiger partial charge on any atom is 0.119 e. The van der Waals surface area contributed by atoms with Crippen molar-refractivity contribution < 1.29 is 4.74 Å². The minimum absolute atomic E-state index is 0.484. The molecule has 0 saturated heterocycles. The van der Waals surface area contributed by atoms with E-state index < -0.39 is 0 Å². The van der Waals surface area contributed by atoms with Gasteiger partial charge in [0.2, 0.25) is 0 Å². The maximum absolute atomic E-state index is 5.45. The number of aryl methyl sites for hydroxylation is 1. The van der Waals surface area contributed by atoms with Gasteiger partial charge < -0.3 is 4.74 Å². The van der Waals surface area contributed by atoms with Crippen molar-refractivity contribution in [2.75, 3.05) is 7.11 Å². The van der Waals surface area contributed by atoms with Crippen molar-refractivity contribution in [3.05, 3.63) is 41.5 Å². The van der Waals surface area contributed by atoms with Crippen LogP contribution in [0.15, 0.2) is 30.4 Å². The van der Waals surface area contributed by atoms with E-state index in [1.165, 1.54) is 32.1 Å². The van der Waals surface area contributed by atoms with E-state index in [0.29, 0.717) is 5.41 Å². The van der Waals surface area contributed by atoms with Crippen LogP contribution in [0.5, 0.6) is 5.75 Å². The summed E-state index contributed by atoms with van der Waals surface area (Å²) in [5.74, 6) is 3.55. The van der Waals surface area contributed by atoms with E-state index in [1.807, 2.05) is 0 Å². The fourth-order valence-corrected chi connectivity index (χ4v) is 5.15. The first-order valence-corrected chi connectivity index (χ1v) is 8.06. The van der Waals surface area contributed by atoms with Gasteiger partial charge in [0, 0.05) is 0 Å². The van der Waals surface area contributed by atoms with Crippen LogP contribution in [-0.4, -0.2) is 7.11 Å². The summed E-state index contributed by atoms with van der Waals surface area (Å²) in [4.78, 5) is 0. The lowest BCUT2D eigenvalue weighted by atomic mass is 9.56. The highest BCUT2D eigenvalue weighted by Gasteiger charge is 2.48. The van der Waals surface area contributed by atoms with Gasteiger partial charge in [0.05, 0.1) is 7.11 Å². The summed E-state index contributed by atoms with van der Waals surface area (Å²) in [6.45, 7) is 2.48. The number of methoxy groups -OCH3 is 1. The summed E-state index contributed by atoms with van der Waals surface area (Å²) in [6, 6.07) is 6.74. The van der Waals surface area contributed by atoms with Crippen molar-refractivity contribution in [3.8, 4) is 5.75 Å². The van der Waals surface area contributed by atoms with Crippen LogP contribution in [0.2, 0.25) is 0 Å². The van der Waals surface area contributed by atoms with Crippen molar-refractivity contribution in [3.63, 3.8) is 0 Å². The smallest absolute Gasteiger partial charge is 0.119 e. The standard InChI is InChI=1S/C19H24O/c1-19-10-3-4-18(19)16-8-6-13-5-7-14(20-2)12-17(13)15(16)9-11-19/h3,5,7,10,12,15-16,18H,4,6,8-9,11H2,1-2H3/t15-,16+,18-,19-/m0/s1. The maximum atomic E-state index is 5.45. The second kappa shape index (κ2) is 4.38. The summed E-state index contributed by atoms with van der Waals surface area (Å²) < 4.78 is 5.45. The molecule has 1 fully saturated rings. The summed E-state index contributed by atoms with van der Waals surface area (Å²) in [5, 5.41) is 0. The van der Waals surface area contributed by atoms with Gasteiger partial charge in [-0.1, -0.05) is 25.1 Å². The van der Waals surface area contributed by atoms with Crippen LogP contribution < -0.4 is 4.74 Å². The van der Waals surface area contributed by atoms with Gasteiger partial charge in [-0.25, -0.2) is 0 Å². The first-order valence-electron chi connectivity index (χ1n) is 8.06. The zero-order valence-electron chi connectivity index (χ0n) is 12.6. The third-order valence-electron chi connectivity index (χ3n) is 6.26. The first-order chi connectivity index (χ1) is 9.71. The van der Waals surface area contributed by atoms with Gasteiger partial charge in [-0.3, -0.25) is 0 Å². The van der Waals surface area contributed by atoms with Crippen molar-refractivity contribution in [1.82, 2.24) is 0 Å². The Hall–Kier alpha value is -1.24. The Labute approximate surface area is 122 Å². The number of allylic oxidation sites excluding steroid dienone is 2. The Morgan fingerprint density at radius 2 is 2.15 bits per heavy atom. The molecule has 4 rings (SSSR count). The van der Waals surface area contributed by atoms with Crippen LogP contribution in [0.1, 0.15) is 49.7 Å². The third-order valence-corrected chi connectivity index (χ3v) is 6.26. The molecule has 0 aliphatic heterocycles. The lowest BCUT2D eigenvalue weighted by Gasteiger charge is -2.49. The molecule has 3 aliphatic carbocycles. The second-order valence-electron chi connectivity index (χ2n) is 7.16. The number of rotatable bonds is 1. The molecule has 0 N–H and O–H groups in total. The number of benzene rings is 1. The fraction of sp³-hybridized carbons (Fsp3) is 0.579. The molecule has 1 heteroatoms. The highest BCUT2D eigenvalue weighted by atomic mass is 16.5. The van der Waals surface area contributed by atoms with Gasteiger partial charge >= 0.3 is 0 Å². The predicted octanol–water partition coefficient (Wildman–Crippen LogP) is 4.72. The molecule has 1 nitrogen and oxygen atoms in total. The Morgan fingerprint density at radius 1 is 1.25 bits per heavy atom. The number of hydrogen-bond acceptors (Lipinski definition) is 1. The number of ether oxygens (including phenoxy) is 1. The Balaban J connectivity index is 1.72. The normalized spacial score (nSPS) is 38.0. The minimum Gasteiger partial charge on any atom is -0.497 e. The monoisotopic (exact) mass is 268 g/mol. The molecule has 0 spiro atoms. The molecule has 0 bridgehead atoms. The highest BCUT2D eigenvalue weighted by Crippen LogP contribution is 2.58. The zero-order valence-corrected chi connectivity index (χ0v) is 12.6. The molecule has 1 saturated carbocycles. The molecule has 0 heterocycles. The van der Waals surface area contributed by atoms with Crippen LogP contribution in [0.25, 0.3) is 0 Å². The van der Waals surface area contributed by atoms with Gasteiger partial charge in [0.1, 0.15) is 5.75 Å². The number of hydrogen-bond donors (Lipinski definition) is 0. The van der Waals surface area contributed by atoms with E-state index >= 15 is 0 Å². The molecule has 20 heavy (non-hydrogen) atoms. The van der Waals surface area contributed by atoms with Crippen LogP contribution in [0.3, 0.4) is 0 Å². The van der Waals surface area contributed by atoms with Gasteiger partial charge in [-0.15, -0.1) is 0 Å². The molecular formula is C19H24O. The lowest BCUT2D eigenvalue weighted by Crippen LogP contribution is -2.39. The molecule has 0 unspecified atom stereocenters. The summed E-state index contributed by atoms with van der Waals surface area (Å²) >= 11 is 0. The average Bonchev–Trinajstić information content (AvgIpc) is 2.88. The van der Waals surface area contributed by atoms with Crippen molar-refractivity contribution >= 4 is 0 Å². The summed E-state index contributed by atoms with van der Waals surface area (Å²) in [6.07, 6.45) is 11.6. The molecule has 3 aliphatic rings. The van der Waals surface area contributed by atoms with Gasteiger partial charge in [-0.2, -0.15) is 0 Å². The second-order valence-corrected chi connectivity index (χ2v) is 7.16. The molecule has 1 aromatic carbocycles. The highest BCUT2D eigenvalue weighted by molar-refractivity contribution is 5.41. The summed E-state index contributed by atoms with van der Waals surface area (Å²) in [5.41, 5.74) is 3.65. The first kappa shape index (κ1) is 12.5. The minimum atomic E-state index is 0.484. The molecular weight excluding hydrogens is 244 g/mol. The largest absolute Gasteiger partial charge is 0.497 e. The molecule has 0 aromatic heterocycles. The van der Waals surface area contributed by atoms with Crippen molar-refractivity contribution in [2.24, 2.45) is 17.3 Å². The van der Waals surface area contributed by atoms with E-state index in [-0.39, 0.29) is 0 Å². The van der Waals surface area contributed by atoms with Gasteiger partial charge in [0.25, 0.3) is 0 Å². The van der Waals surface area contributed by atoms with E-state index in [0.717, 1.165) is 23.5 Å². The van der Waals surface area contributed by atoms with E-state index in [9.17, 15) is 0 Å². The van der Waals surface area contributed by atoms with E-state index in [4.69, 9.17) is 4.74 Å². The van der Waals surface area contributed by atoms with E-state index in [2.05, 4.69) is 37.3 Å². The molecule has 1 aromatic rings. The quantitative estimate of drug-likeness (QED) is 0.670. The van der Waals surface area contributed by atoms with Crippen LogP contribution in [-0.2, 0) is 6.42 Å². The predicted molar refractivity (Wildman–Crippen MR) is 82.1 cm³/mol. The molecule has 106 valence electrons. The van der Waals surface area contributed by atoms with Crippen molar-refractivity contribution in [2.45, 2.75) is 44.9 Å². The molecule has 4 atom stereocenters. The Morgan fingerprint density at radius 3 is 3.00 bits per heavy atom. The number of fused-ring (bicyclic) bond motifs is 5. The molecule has 0 amide bonds. The third kappa shape index (κ3) is 1.68.